The fraction of sp³-hybridized carbons (Fsp3) is 0.278. The van der Waals surface area contributed by atoms with Gasteiger partial charge in [-0.1, -0.05) is 23.4 Å². The number of hydrogen-bond acceptors (Lipinski definition) is 5. The van der Waals surface area contributed by atoms with Gasteiger partial charge in [0, 0.05) is 47.7 Å². The van der Waals surface area contributed by atoms with Crippen LogP contribution in [-0.4, -0.2) is 53.9 Å². The smallest absolute Gasteiger partial charge is 0.284 e. The zero-order valence-electron chi connectivity index (χ0n) is 14.2. The average Bonchev–Trinajstić information content (AvgIpc) is 2.64. The second-order valence-electron chi connectivity index (χ2n) is 6.09. The summed E-state index contributed by atoms with van der Waals surface area (Å²) in [5.74, 6) is -0.163. The fourth-order valence-corrected chi connectivity index (χ4v) is 3.73. The maximum absolute atomic E-state index is 12.7. The molecule has 136 valence electrons. The summed E-state index contributed by atoms with van der Waals surface area (Å²) < 4.78 is 0. The summed E-state index contributed by atoms with van der Waals surface area (Å²) in [6.45, 7) is 2.87. The molecule has 0 aromatic heterocycles. The molecule has 0 bridgehead atoms. The van der Waals surface area contributed by atoms with E-state index in [-0.39, 0.29) is 11.6 Å². The molecule has 1 heterocycles. The number of piperazine rings is 1. The van der Waals surface area contributed by atoms with Gasteiger partial charge in [-0.2, -0.15) is 0 Å². The van der Waals surface area contributed by atoms with Crippen LogP contribution in [0.1, 0.15) is 10.4 Å². The van der Waals surface area contributed by atoms with Gasteiger partial charge in [0.2, 0.25) is 0 Å². The Kier molecular flexibility index (Phi) is 5.80. The van der Waals surface area contributed by atoms with Gasteiger partial charge in [-0.3, -0.25) is 14.9 Å². The van der Waals surface area contributed by atoms with E-state index in [1.54, 1.807) is 41.3 Å². The Labute approximate surface area is 160 Å². The van der Waals surface area contributed by atoms with E-state index in [1.165, 1.54) is 17.8 Å². The quantitative estimate of drug-likeness (QED) is 0.586. The van der Waals surface area contributed by atoms with Crippen LogP contribution in [0, 0.1) is 10.1 Å². The topological polar surface area (TPSA) is 66.7 Å². The van der Waals surface area contributed by atoms with Crippen LogP contribution >= 0.6 is 23.4 Å². The lowest BCUT2D eigenvalue weighted by Crippen LogP contribution is -2.47. The van der Waals surface area contributed by atoms with Crippen molar-refractivity contribution in [2.75, 3.05) is 33.2 Å². The van der Waals surface area contributed by atoms with Crippen molar-refractivity contribution in [3.63, 3.8) is 0 Å². The molecule has 1 aliphatic rings. The number of halogens is 1. The summed E-state index contributed by atoms with van der Waals surface area (Å²) in [7, 11) is 2.01. The summed E-state index contributed by atoms with van der Waals surface area (Å²) in [5, 5.41) is 12.1. The van der Waals surface area contributed by atoms with Crippen LogP contribution in [0.3, 0.4) is 0 Å². The van der Waals surface area contributed by atoms with Gasteiger partial charge in [0.05, 0.1) is 9.82 Å². The van der Waals surface area contributed by atoms with E-state index in [1.807, 2.05) is 7.05 Å². The average molecular weight is 392 g/mol. The van der Waals surface area contributed by atoms with Gasteiger partial charge in [-0.05, 0) is 43.4 Å². The molecule has 2 aromatic rings. The van der Waals surface area contributed by atoms with Crippen molar-refractivity contribution < 1.29 is 9.72 Å². The summed E-state index contributed by atoms with van der Waals surface area (Å²) in [4.78, 5) is 28.9. The van der Waals surface area contributed by atoms with Crippen molar-refractivity contribution >= 4 is 35.0 Å². The predicted octanol–water partition coefficient (Wildman–Crippen LogP) is 3.79. The van der Waals surface area contributed by atoms with E-state index in [2.05, 4.69) is 4.90 Å². The van der Waals surface area contributed by atoms with Crippen LogP contribution in [0.25, 0.3) is 0 Å². The second-order valence-corrected chi connectivity index (χ2v) is 7.64. The molecule has 0 atom stereocenters. The Morgan fingerprint density at radius 1 is 1.12 bits per heavy atom. The Morgan fingerprint density at radius 3 is 2.38 bits per heavy atom. The molecule has 0 N–H and O–H groups in total. The van der Waals surface area contributed by atoms with Crippen LogP contribution in [0.15, 0.2) is 52.3 Å². The first-order valence-electron chi connectivity index (χ1n) is 8.14. The van der Waals surface area contributed by atoms with E-state index in [4.69, 9.17) is 11.6 Å². The molecule has 0 radical (unpaired) electrons. The second kappa shape index (κ2) is 8.07. The van der Waals surface area contributed by atoms with E-state index in [9.17, 15) is 14.9 Å². The zero-order valence-corrected chi connectivity index (χ0v) is 15.8. The van der Waals surface area contributed by atoms with Gasteiger partial charge in [0.15, 0.2) is 0 Å². The van der Waals surface area contributed by atoms with E-state index in [0.29, 0.717) is 28.6 Å². The van der Waals surface area contributed by atoms with Gasteiger partial charge < -0.3 is 9.80 Å². The highest BCUT2D eigenvalue weighted by Gasteiger charge is 2.24. The lowest BCUT2D eigenvalue weighted by Gasteiger charge is -2.32. The van der Waals surface area contributed by atoms with E-state index >= 15 is 0 Å². The molecule has 0 unspecified atom stereocenters. The van der Waals surface area contributed by atoms with Crippen molar-refractivity contribution in [3.8, 4) is 0 Å². The highest BCUT2D eigenvalue weighted by molar-refractivity contribution is 7.99. The van der Waals surface area contributed by atoms with Crippen LogP contribution in [-0.2, 0) is 0 Å². The number of carbonyl (C=O) groups excluding carboxylic acids is 1. The molecular formula is C18H18ClN3O3S. The number of nitrogens with zero attached hydrogens (tertiary/aromatic N) is 3. The minimum atomic E-state index is -0.445. The normalized spacial score (nSPS) is 15.1. The number of nitro groups is 1. The summed E-state index contributed by atoms with van der Waals surface area (Å²) in [5.41, 5.74) is 0.284. The summed E-state index contributed by atoms with van der Waals surface area (Å²) in [6.07, 6.45) is 0. The minimum absolute atomic E-state index is 0.0649. The Bertz CT molecular complexity index is 821. The number of likely N-dealkylation sites (N-methyl/N-ethyl adjacent to an activating group) is 1. The standard InChI is InChI=1S/C18H18ClN3O3S/c1-20-8-10-21(11-9-20)18(23)13-2-7-17(16(12-13)22(24)25)26-15-5-3-14(19)4-6-15/h2-7,12H,8-11H2,1H3. The van der Waals surface area contributed by atoms with Crippen molar-refractivity contribution in [1.82, 2.24) is 9.80 Å². The van der Waals surface area contributed by atoms with Crippen molar-refractivity contribution in [2.24, 2.45) is 0 Å². The Balaban J connectivity index is 1.83. The molecule has 0 saturated carbocycles. The number of benzene rings is 2. The molecule has 0 aliphatic carbocycles. The molecule has 6 nitrogen and oxygen atoms in total. The van der Waals surface area contributed by atoms with Crippen LogP contribution in [0.2, 0.25) is 5.02 Å². The molecule has 26 heavy (non-hydrogen) atoms. The molecule has 0 spiro atoms. The largest absolute Gasteiger partial charge is 0.336 e. The number of nitro benzene ring substituents is 1. The molecule has 1 amide bonds. The van der Waals surface area contributed by atoms with Crippen LogP contribution < -0.4 is 0 Å². The number of carbonyl (C=O) groups is 1. The van der Waals surface area contributed by atoms with Crippen LogP contribution in [0.4, 0.5) is 5.69 Å². The van der Waals surface area contributed by atoms with E-state index < -0.39 is 4.92 Å². The first-order chi connectivity index (χ1) is 12.4. The van der Waals surface area contributed by atoms with Gasteiger partial charge >= 0.3 is 0 Å². The highest BCUT2D eigenvalue weighted by atomic mass is 35.5. The Morgan fingerprint density at radius 2 is 1.77 bits per heavy atom. The van der Waals surface area contributed by atoms with Gasteiger partial charge in [-0.15, -0.1) is 0 Å². The van der Waals surface area contributed by atoms with Crippen molar-refractivity contribution in [2.45, 2.75) is 9.79 Å². The van der Waals surface area contributed by atoms with Gasteiger partial charge in [0.1, 0.15) is 0 Å². The molecule has 8 heteroatoms. The van der Waals surface area contributed by atoms with Crippen molar-refractivity contribution in [1.29, 1.82) is 0 Å². The Hall–Kier alpha value is -2.09. The lowest BCUT2D eigenvalue weighted by molar-refractivity contribution is -0.387. The third kappa shape index (κ3) is 4.35. The maximum atomic E-state index is 12.7. The molecule has 1 saturated heterocycles. The SMILES string of the molecule is CN1CCN(C(=O)c2ccc(Sc3ccc(Cl)cc3)c([N+](=O)[O-])c2)CC1. The molecule has 1 aliphatic heterocycles. The van der Waals surface area contributed by atoms with Crippen LogP contribution in [0.5, 0.6) is 0 Å². The third-order valence-electron chi connectivity index (χ3n) is 4.23. The number of amides is 1. The minimum Gasteiger partial charge on any atom is -0.336 e. The predicted molar refractivity (Wildman–Crippen MR) is 102 cm³/mol. The first kappa shape index (κ1) is 18.7. The highest BCUT2D eigenvalue weighted by Crippen LogP contribution is 2.36. The number of hydrogen-bond donors (Lipinski definition) is 0. The van der Waals surface area contributed by atoms with E-state index in [0.717, 1.165) is 18.0 Å². The third-order valence-corrected chi connectivity index (χ3v) is 5.56. The lowest BCUT2D eigenvalue weighted by atomic mass is 10.1. The maximum Gasteiger partial charge on any atom is 0.284 e. The number of rotatable bonds is 4. The summed E-state index contributed by atoms with van der Waals surface area (Å²) >= 11 is 7.15. The summed E-state index contributed by atoms with van der Waals surface area (Å²) in [6, 6.07) is 11.8. The fourth-order valence-electron chi connectivity index (χ4n) is 2.70. The molecule has 2 aromatic carbocycles. The first-order valence-corrected chi connectivity index (χ1v) is 9.33. The monoisotopic (exact) mass is 391 g/mol. The van der Waals surface area contributed by atoms with Gasteiger partial charge in [0.25, 0.3) is 11.6 Å². The van der Waals surface area contributed by atoms with Crippen molar-refractivity contribution in [3.05, 3.63) is 63.2 Å². The molecule has 3 rings (SSSR count). The molecular weight excluding hydrogens is 374 g/mol. The van der Waals surface area contributed by atoms with Gasteiger partial charge in [-0.25, -0.2) is 0 Å². The molecule has 1 fully saturated rings. The zero-order chi connectivity index (χ0) is 18.7.